The normalized spacial score (nSPS) is 11.9. The summed E-state index contributed by atoms with van der Waals surface area (Å²) in [5.41, 5.74) is 1.54. The van der Waals surface area contributed by atoms with Crippen molar-refractivity contribution in [2.75, 3.05) is 13.2 Å². The average Bonchev–Trinajstić information content (AvgIpc) is 2.36. The summed E-state index contributed by atoms with van der Waals surface area (Å²) in [6, 6.07) is 7.71. The van der Waals surface area contributed by atoms with Gasteiger partial charge in [0.2, 0.25) is 0 Å². The van der Waals surface area contributed by atoms with Crippen molar-refractivity contribution in [1.29, 1.82) is 0 Å². The highest BCUT2D eigenvalue weighted by Crippen LogP contribution is 2.16. The molecule has 1 aromatic rings. The number of esters is 1. The Kier molecular flexibility index (Phi) is 5.89. The SMILES string of the molecule is C=C(CN[C@@H](C)c1ccc(Cl)cc1)C(=O)OCC. The molecule has 1 atom stereocenters. The lowest BCUT2D eigenvalue weighted by molar-refractivity contribution is -0.138. The van der Waals surface area contributed by atoms with Crippen LogP contribution in [0.3, 0.4) is 0 Å². The summed E-state index contributed by atoms with van der Waals surface area (Å²) >= 11 is 5.82. The van der Waals surface area contributed by atoms with E-state index in [4.69, 9.17) is 16.3 Å². The number of rotatable bonds is 6. The summed E-state index contributed by atoms with van der Waals surface area (Å²) in [7, 11) is 0. The summed E-state index contributed by atoms with van der Waals surface area (Å²) < 4.78 is 4.86. The molecule has 0 saturated carbocycles. The van der Waals surface area contributed by atoms with Gasteiger partial charge >= 0.3 is 5.97 Å². The topological polar surface area (TPSA) is 38.3 Å². The fraction of sp³-hybridized carbons (Fsp3) is 0.357. The Bertz CT molecular complexity index is 414. The summed E-state index contributed by atoms with van der Waals surface area (Å²) in [5.74, 6) is -0.353. The van der Waals surface area contributed by atoms with E-state index < -0.39 is 0 Å². The van der Waals surface area contributed by atoms with Crippen molar-refractivity contribution in [1.82, 2.24) is 5.32 Å². The Hall–Kier alpha value is -1.32. The lowest BCUT2D eigenvalue weighted by Crippen LogP contribution is -2.24. The summed E-state index contributed by atoms with van der Waals surface area (Å²) in [6.45, 7) is 8.25. The van der Waals surface area contributed by atoms with Crippen LogP contribution in [0, 0.1) is 0 Å². The van der Waals surface area contributed by atoms with Crippen LogP contribution in [-0.4, -0.2) is 19.1 Å². The summed E-state index contributed by atoms with van der Waals surface area (Å²) in [6.07, 6.45) is 0. The highest BCUT2D eigenvalue weighted by Gasteiger charge is 2.10. The van der Waals surface area contributed by atoms with Crippen LogP contribution in [0.1, 0.15) is 25.5 Å². The predicted octanol–water partition coefficient (Wildman–Crippen LogP) is 3.11. The molecular weight excluding hydrogens is 250 g/mol. The largest absolute Gasteiger partial charge is 0.463 e. The van der Waals surface area contributed by atoms with Gasteiger partial charge in [-0.15, -0.1) is 0 Å². The molecule has 0 aromatic heterocycles. The van der Waals surface area contributed by atoms with Gasteiger partial charge in [-0.25, -0.2) is 4.79 Å². The molecule has 0 saturated heterocycles. The van der Waals surface area contributed by atoms with Gasteiger partial charge in [-0.2, -0.15) is 0 Å². The maximum Gasteiger partial charge on any atom is 0.334 e. The first-order valence-electron chi connectivity index (χ1n) is 5.88. The molecule has 0 spiro atoms. The van der Waals surface area contributed by atoms with E-state index >= 15 is 0 Å². The first kappa shape index (κ1) is 14.7. The van der Waals surface area contributed by atoms with Crippen LogP contribution < -0.4 is 5.32 Å². The van der Waals surface area contributed by atoms with Crippen molar-refractivity contribution in [3.8, 4) is 0 Å². The monoisotopic (exact) mass is 267 g/mol. The Balaban J connectivity index is 2.46. The maximum atomic E-state index is 11.4. The number of carbonyl (C=O) groups is 1. The maximum absolute atomic E-state index is 11.4. The predicted molar refractivity (Wildman–Crippen MR) is 73.6 cm³/mol. The van der Waals surface area contributed by atoms with Crippen molar-refractivity contribution >= 4 is 17.6 Å². The zero-order chi connectivity index (χ0) is 13.5. The molecule has 3 nitrogen and oxygen atoms in total. The molecule has 1 rings (SSSR count). The summed E-state index contributed by atoms with van der Waals surface area (Å²) in [4.78, 5) is 11.4. The minimum atomic E-state index is -0.353. The third-order valence-electron chi connectivity index (χ3n) is 2.56. The molecule has 0 heterocycles. The van der Waals surface area contributed by atoms with Gasteiger partial charge in [0.05, 0.1) is 6.61 Å². The first-order valence-corrected chi connectivity index (χ1v) is 6.26. The molecule has 1 aromatic carbocycles. The van der Waals surface area contributed by atoms with Gasteiger partial charge < -0.3 is 10.1 Å². The highest BCUT2D eigenvalue weighted by molar-refractivity contribution is 6.30. The van der Waals surface area contributed by atoms with Gasteiger partial charge in [0.25, 0.3) is 0 Å². The molecule has 0 unspecified atom stereocenters. The number of carbonyl (C=O) groups excluding carboxylic acids is 1. The third kappa shape index (κ3) is 4.51. The minimum absolute atomic E-state index is 0.119. The number of ether oxygens (including phenoxy) is 1. The zero-order valence-electron chi connectivity index (χ0n) is 10.7. The molecular formula is C14H18ClNO2. The minimum Gasteiger partial charge on any atom is -0.463 e. The Morgan fingerprint density at radius 2 is 2.06 bits per heavy atom. The molecule has 0 bridgehead atoms. The van der Waals surface area contributed by atoms with E-state index in [0.29, 0.717) is 23.7 Å². The van der Waals surface area contributed by atoms with Crippen molar-refractivity contribution in [3.63, 3.8) is 0 Å². The molecule has 0 amide bonds. The molecule has 0 aliphatic heterocycles. The smallest absolute Gasteiger partial charge is 0.334 e. The van der Waals surface area contributed by atoms with Gasteiger partial charge in [-0.1, -0.05) is 30.3 Å². The Morgan fingerprint density at radius 1 is 1.44 bits per heavy atom. The second-order valence-electron chi connectivity index (χ2n) is 3.98. The van der Waals surface area contributed by atoms with E-state index in [1.54, 1.807) is 6.92 Å². The second kappa shape index (κ2) is 7.19. The van der Waals surface area contributed by atoms with Crippen LogP contribution in [-0.2, 0) is 9.53 Å². The molecule has 4 heteroatoms. The fourth-order valence-electron chi connectivity index (χ4n) is 1.45. The van der Waals surface area contributed by atoms with E-state index in [2.05, 4.69) is 11.9 Å². The molecule has 98 valence electrons. The third-order valence-corrected chi connectivity index (χ3v) is 2.81. The van der Waals surface area contributed by atoms with Gasteiger partial charge in [-0.3, -0.25) is 0 Å². The van der Waals surface area contributed by atoms with Crippen LogP contribution in [0.4, 0.5) is 0 Å². The fourth-order valence-corrected chi connectivity index (χ4v) is 1.58. The van der Waals surface area contributed by atoms with Crippen LogP contribution in [0.25, 0.3) is 0 Å². The van der Waals surface area contributed by atoms with Gasteiger partial charge in [0.1, 0.15) is 0 Å². The van der Waals surface area contributed by atoms with Crippen LogP contribution in [0.15, 0.2) is 36.4 Å². The van der Waals surface area contributed by atoms with Crippen LogP contribution in [0.5, 0.6) is 0 Å². The molecule has 0 radical (unpaired) electrons. The van der Waals surface area contributed by atoms with Crippen LogP contribution in [0.2, 0.25) is 5.02 Å². The van der Waals surface area contributed by atoms with Gasteiger partial charge in [0.15, 0.2) is 0 Å². The van der Waals surface area contributed by atoms with Gasteiger partial charge in [-0.05, 0) is 31.5 Å². The summed E-state index contributed by atoms with van der Waals surface area (Å²) in [5, 5.41) is 3.92. The van der Waals surface area contributed by atoms with Crippen molar-refractivity contribution in [2.24, 2.45) is 0 Å². The molecule has 0 fully saturated rings. The lowest BCUT2D eigenvalue weighted by atomic mass is 10.1. The van der Waals surface area contributed by atoms with Crippen molar-refractivity contribution < 1.29 is 9.53 Å². The van der Waals surface area contributed by atoms with E-state index in [9.17, 15) is 4.79 Å². The van der Waals surface area contributed by atoms with E-state index in [-0.39, 0.29) is 12.0 Å². The molecule has 0 aliphatic rings. The number of hydrogen-bond acceptors (Lipinski definition) is 3. The molecule has 0 aliphatic carbocycles. The number of hydrogen-bond donors (Lipinski definition) is 1. The van der Waals surface area contributed by atoms with E-state index in [1.807, 2.05) is 31.2 Å². The first-order chi connectivity index (χ1) is 8.54. The Morgan fingerprint density at radius 3 is 2.61 bits per heavy atom. The van der Waals surface area contributed by atoms with E-state index in [0.717, 1.165) is 5.56 Å². The number of nitrogens with one attached hydrogen (secondary N) is 1. The standard InChI is InChI=1S/C14H18ClNO2/c1-4-18-14(17)10(2)9-16-11(3)12-5-7-13(15)8-6-12/h5-8,11,16H,2,4,9H2,1,3H3/t11-/m0/s1. The number of halogens is 1. The highest BCUT2D eigenvalue weighted by atomic mass is 35.5. The van der Waals surface area contributed by atoms with Crippen molar-refractivity contribution in [3.05, 3.63) is 47.0 Å². The van der Waals surface area contributed by atoms with Crippen LogP contribution >= 0.6 is 11.6 Å². The Labute approximate surface area is 113 Å². The second-order valence-corrected chi connectivity index (χ2v) is 4.41. The molecule has 1 N–H and O–H groups in total. The number of benzene rings is 1. The van der Waals surface area contributed by atoms with Gasteiger partial charge in [0, 0.05) is 23.2 Å². The zero-order valence-corrected chi connectivity index (χ0v) is 11.5. The van der Waals surface area contributed by atoms with Crippen molar-refractivity contribution in [2.45, 2.75) is 19.9 Å². The average molecular weight is 268 g/mol. The van der Waals surface area contributed by atoms with E-state index in [1.165, 1.54) is 0 Å². The molecule has 18 heavy (non-hydrogen) atoms. The quantitative estimate of drug-likeness (QED) is 0.636. The lowest BCUT2D eigenvalue weighted by Gasteiger charge is -2.15.